The smallest absolute Gasteiger partial charge is 0.408 e. The number of ether oxygens (including phenoxy) is 1. The molecule has 96 valence electrons. The summed E-state index contributed by atoms with van der Waals surface area (Å²) in [5, 5.41) is 11.7. The Morgan fingerprint density at radius 3 is 2.41 bits per heavy atom. The zero-order chi connectivity index (χ0) is 13.3. The van der Waals surface area contributed by atoms with Crippen LogP contribution < -0.4 is 5.32 Å². The normalized spacial score (nSPS) is 24.1. The van der Waals surface area contributed by atoms with Gasteiger partial charge in [0.1, 0.15) is 5.60 Å². The summed E-state index contributed by atoms with van der Waals surface area (Å²) >= 11 is 0. The molecule has 1 amide bonds. The van der Waals surface area contributed by atoms with Gasteiger partial charge in [-0.2, -0.15) is 0 Å². The van der Waals surface area contributed by atoms with E-state index in [0.717, 1.165) is 0 Å². The molecule has 0 spiro atoms. The van der Waals surface area contributed by atoms with Crippen molar-refractivity contribution >= 4 is 12.1 Å². The highest BCUT2D eigenvalue weighted by Crippen LogP contribution is 2.30. The van der Waals surface area contributed by atoms with E-state index in [1.54, 1.807) is 27.7 Å². The average Bonchev–Trinajstić information content (AvgIpc) is 2.45. The molecule has 0 heterocycles. The summed E-state index contributed by atoms with van der Waals surface area (Å²) in [6.45, 7) is 6.91. The predicted octanol–water partition coefficient (Wildman–Crippen LogP) is 2.07. The van der Waals surface area contributed by atoms with Crippen molar-refractivity contribution in [1.82, 2.24) is 5.32 Å². The van der Waals surface area contributed by atoms with E-state index in [-0.39, 0.29) is 0 Å². The lowest BCUT2D eigenvalue weighted by Crippen LogP contribution is -2.55. The Morgan fingerprint density at radius 2 is 2.06 bits per heavy atom. The van der Waals surface area contributed by atoms with Gasteiger partial charge in [-0.25, -0.2) is 9.59 Å². The molecule has 0 bridgehead atoms. The lowest BCUT2D eigenvalue weighted by atomic mass is 9.92. The zero-order valence-corrected chi connectivity index (χ0v) is 10.7. The van der Waals surface area contributed by atoms with Crippen LogP contribution in [0.1, 0.15) is 40.5 Å². The topological polar surface area (TPSA) is 75.6 Å². The number of nitrogens with one attached hydrogen (secondary N) is 1. The first kappa shape index (κ1) is 13.5. The average molecular weight is 241 g/mol. The molecule has 1 rings (SSSR count). The number of carbonyl (C=O) groups is 2. The van der Waals surface area contributed by atoms with Crippen LogP contribution in [0.3, 0.4) is 0 Å². The molecule has 1 atom stereocenters. The summed E-state index contributed by atoms with van der Waals surface area (Å²) in [6, 6.07) is 0. The predicted molar refractivity (Wildman–Crippen MR) is 62.7 cm³/mol. The zero-order valence-electron chi connectivity index (χ0n) is 10.7. The van der Waals surface area contributed by atoms with Crippen molar-refractivity contribution in [3.63, 3.8) is 0 Å². The van der Waals surface area contributed by atoms with E-state index >= 15 is 0 Å². The number of hydrogen-bond donors (Lipinski definition) is 2. The molecule has 0 saturated heterocycles. The van der Waals surface area contributed by atoms with Gasteiger partial charge in [0.25, 0.3) is 0 Å². The molecule has 1 aliphatic rings. The second-order valence-corrected chi connectivity index (χ2v) is 5.26. The minimum atomic E-state index is -1.30. The quantitative estimate of drug-likeness (QED) is 0.726. The van der Waals surface area contributed by atoms with Gasteiger partial charge in [0, 0.05) is 0 Å². The molecule has 0 aromatic heterocycles. The van der Waals surface area contributed by atoms with Crippen LogP contribution in [-0.4, -0.2) is 28.3 Å². The molecule has 0 radical (unpaired) electrons. The molecule has 0 saturated carbocycles. The van der Waals surface area contributed by atoms with Crippen LogP contribution in [0.5, 0.6) is 0 Å². The molecule has 17 heavy (non-hydrogen) atoms. The lowest BCUT2D eigenvalue weighted by Gasteiger charge is -2.29. The molecule has 0 fully saturated rings. The molecule has 5 nitrogen and oxygen atoms in total. The van der Waals surface area contributed by atoms with Gasteiger partial charge >= 0.3 is 12.1 Å². The summed E-state index contributed by atoms with van der Waals surface area (Å²) in [4.78, 5) is 23.0. The molecule has 5 heteroatoms. The summed E-state index contributed by atoms with van der Waals surface area (Å²) in [5.41, 5.74) is -1.29. The van der Waals surface area contributed by atoms with Crippen molar-refractivity contribution in [2.24, 2.45) is 0 Å². The monoisotopic (exact) mass is 241 g/mol. The van der Waals surface area contributed by atoms with E-state index in [1.807, 2.05) is 6.08 Å². The summed E-state index contributed by atoms with van der Waals surface area (Å²) in [7, 11) is 0. The number of rotatable bonds is 2. The lowest BCUT2D eigenvalue weighted by molar-refractivity contribution is -0.143. The largest absolute Gasteiger partial charge is 0.479 e. The van der Waals surface area contributed by atoms with Crippen molar-refractivity contribution in [1.29, 1.82) is 0 Å². The van der Waals surface area contributed by atoms with Crippen LogP contribution in [0.4, 0.5) is 4.79 Å². The number of carboxylic acids is 1. The number of carbonyl (C=O) groups excluding carboxylic acids is 1. The van der Waals surface area contributed by atoms with Crippen molar-refractivity contribution in [3.05, 3.63) is 11.6 Å². The third kappa shape index (κ3) is 2.99. The Labute approximate surface area is 101 Å². The fourth-order valence-corrected chi connectivity index (χ4v) is 1.84. The Morgan fingerprint density at radius 1 is 1.47 bits per heavy atom. The number of aliphatic carboxylic acids is 1. The van der Waals surface area contributed by atoms with E-state index < -0.39 is 23.2 Å². The molecule has 1 aliphatic carbocycles. The van der Waals surface area contributed by atoms with E-state index in [9.17, 15) is 14.7 Å². The maximum absolute atomic E-state index is 11.6. The van der Waals surface area contributed by atoms with Crippen LogP contribution in [0.2, 0.25) is 0 Å². The van der Waals surface area contributed by atoms with Crippen molar-refractivity contribution in [2.75, 3.05) is 0 Å². The second kappa shape index (κ2) is 4.39. The van der Waals surface area contributed by atoms with Crippen LogP contribution in [-0.2, 0) is 9.53 Å². The first-order chi connectivity index (χ1) is 7.67. The minimum absolute atomic E-state index is 0.368. The Kier molecular flexibility index (Phi) is 3.50. The van der Waals surface area contributed by atoms with Gasteiger partial charge in [-0.15, -0.1) is 0 Å². The minimum Gasteiger partial charge on any atom is -0.479 e. The first-order valence-corrected chi connectivity index (χ1v) is 5.59. The van der Waals surface area contributed by atoms with Crippen molar-refractivity contribution < 1.29 is 19.4 Å². The molecule has 0 aromatic carbocycles. The standard InChI is InChI=1S/C12H19NO4/c1-8-6-5-7-12(8,9(14)15)13-10(16)17-11(2,3)4/h6H,5,7H2,1-4H3,(H,13,16)(H,14,15). The van der Waals surface area contributed by atoms with Crippen LogP contribution >= 0.6 is 0 Å². The van der Waals surface area contributed by atoms with E-state index in [1.165, 1.54) is 0 Å². The summed E-state index contributed by atoms with van der Waals surface area (Å²) in [5.74, 6) is -1.05. The van der Waals surface area contributed by atoms with Crippen molar-refractivity contribution in [3.8, 4) is 0 Å². The van der Waals surface area contributed by atoms with E-state index in [4.69, 9.17) is 4.74 Å². The van der Waals surface area contributed by atoms with E-state index in [0.29, 0.717) is 18.4 Å². The third-order valence-corrected chi connectivity index (χ3v) is 2.72. The second-order valence-electron chi connectivity index (χ2n) is 5.26. The fraction of sp³-hybridized carbons (Fsp3) is 0.667. The maximum atomic E-state index is 11.6. The number of alkyl carbamates (subject to hydrolysis) is 1. The van der Waals surface area contributed by atoms with Gasteiger partial charge in [-0.1, -0.05) is 6.08 Å². The molecule has 1 unspecified atom stereocenters. The van der Waals surface area contributed by atoms with Crippen LogP contribution in [0.25, 0.3) is 0 Å². The van der Waals surface area contributed by atoms with Gasteiger partial charge in [-0.05, 0) is 46.1 Å². The fourth-order valence-electron chi connectivity index (χ4n) is 1.84. The third-order valence-electron chi connectivity index (χ3n) is 2.72. The first-order valence-electron chi connectivity index (χ1n) is 5.59. The van der Waals surface area contributed by atoms with Gasteiger partial charge < -0.3 is 15.2 Å². The molecule has 0 aromatic rings. The van der Waals surface area contributed by atoms with Gasteiger partial charge in [0.15, 0.2) is 5.54 Å². The molecular weight excluding hydrogens is 222 g/mol. The highest BCUT2D eigenvalue weighted by molar-refractivity contribution is 5.88. The molecule has 2 N–H and O–H groups in total. The Balaban J connectivity index is 2.80. The van der Waals surface area contributed by atoms with Gasteiger partial charge in [0.2, 0.25) is 0 Å². The van der Waals surface area contributed by atoms with Gasteiger partial charge in [-0.3, -0.25) is 0 Å². The molecule has 0 aliphatic heterocycles. The maximum Gasteiger partial charge on any atom is 0.408 e. The number of carboxylic acid groups (broad SMARTS) is 1. The highest BCUT2D eigenvalue weighted by Gasteiger charge is 2.44. The van der Waals surface area contributed by atoms with Gasteiger partial charge in [0.05, 0.1) is 0 Å². The SMILES string of the molecule is CC1=CCCC1(NC(=O)OC(C)(C)C)C(=O)O. The number of allylic oxidation sites excluding steroid dienone is 1. The number of amides is 1. The Bertz CT molecular complexity index is 367. The summed E-state index contributed by atoms with van der Waals surface area (Å²) in [6.07, 6.45) is 2.14. The highest BCUT2D eigenvalue weighted by atomic mass is 16.6. The van der Waals surface area contributed by atoms with E-state index in [2.05, 4.69) is 5.32 Å². The molecular formula is C12H19NO4. The number of hydrogen-bond acceptors (Lipinski definition) is 3. The van der Waals surface area contributed by atoms with Crippen LogP contribution in [0.15, 0.2) is 11.6 Å². The summed E-state index contributed by atoms with van der Waals surface area (Å²) < 4.78 is 5.08. The Hall–Kier alpha value is -1.52. The van der Waals surface area contributed by atoms with Crippen LogP contribution in [0, 0.1) is 0 Å². The van der Waals surface area contributed by atoms with Crippen molar-refractivity contribution in [2.45, 2.75) is 51.7 Å².